The number of aromatic nitrogens is 1. The number of carbonyl (C=O) groups excluding carboxylic acids is 1. The predicted octanol–water partition coefficient (Wildman–Crippen LogP) is 4.87. The number of hydrogen-bond donors (Lipinski definition) is 1. The molecule has 0 spiro atoms. The minimum atomic E-state index is -1.09. The lowest BCUT2D eigenvalue weighted by molar-refractivity contribution is 0.0706. The van der Waals surface area contributed by atoms with Crippen LogP contribution in [0, 0.1) is 0 Å². The molecule has 1 fully saturated rings. The number of rotatable bonds is 9. The topological polar surface area (TPSA) is 83.0 Å². The molecule has 164 valence electrons. The molecule has 0 saturated heterocycles. The highest BCUT2D eigenvalue weighted by Crippen LogP contribution is 2.27. The third-order valence-corrected chi connectivity index (χ3v) is 5.48. The van der Waals surface area contributed by atoms with Crippen molar-refractivity contribution in [3.63, 3.8) is 0 Å². The molecule has 1 saturated carbocycles. The molecule has 0 unspecified atom stereocenters. The first-order valence-corrected chi connectivity index (χ1v) is 10.6. The minimum Gasteiger partial charge on any atom is -0.492 e. The fourth-order valence-corrected chi connectivity index (χ4v) is 4.03. The molecule has 2 amide bonds. The minimum absolute atomic E-state index is 0.0988. The van der Waals surface area contributed by atoms with Crippen molar-refractivity contribution in [3.8, 4) is 5.75 Å². The van der Waals surface area contributed by atoms with Gasteiger partial charge in [0.1, 0.15) is 12.4 Å². The Morgan fingerprint density at radius 1 is 1.23 bits per heavy atom. The highest BCUT2D eigenvalue weighted by atomic mass is 35.5. The van der Waals surface area contributed by atoms with E-state index in [-0.39, 0.29) is 25.1 Å². The Morgan fingerprint density at radius 2 is 1.94 bits per heavy atom. The van der Waals surface area contributed by atoms with Crippen LogP contribution in [0.25, 0.3) is 0 Å². The Hall–Kier alpha value is -3.06. The molecule has 3 rings (SSSR count). The number of carbonyl (C=O) groups is 2. The number of hydrogen-bond acceptors (Lipinski definition) is 4. The van der Waals surface area contributed by atoms with E-state index in [9.17, 15) is 14.7 Å². The van der Waals surface area contributed by atoms with Gasteiger partial charge in [-0.05, 0) is 43.2 Å². The number of halogens is 1. The van der Waals surface area contributed by atoms with Crippen molar-refractivity contribution < 1.29 is 19.4 Å². The van der Waals surface area contributed by atoms with E-state index in [1.807, 2.05) is 4.90 Å². The van der Waals surface area contributed by atoms with Crippen LogP contribution in [0.3, 0.4) is 0 Å². The highest BCUT2D eigenvalue weighted by molar-refractivity contribution is 6.31. The zero-order valence-electron chi connectivity index (χ0n) is 17.2. The van der Waals surface area contributed by atoms with Crippen molar-refractivity contribution in [2.45, 2.75) is 31.7 Å². The molecule has 1 aliphatic rings. The molecule has 7 nitrogen and oxygen atoms in total. The lowest BCUT2D eigenvalue weighted by atomic mass is 10.1. The van der Waals surface area contributed by atoms with Crippen molar-refractivity contribution in [3.05, 3.63) is 66.0 Å². The van der Waals surface area contributed by atoms with E-state index in [1.54, 1.807) is 36.4 Å². The summed E-state index contributed by atoms with van der Waals surface area (Å²) >= 11 is 6.24. The molecule has 0 bridgehead atoms. The van der Waals surface area contributed by atoms with Gasteiger partial charge in [-0.15, -0.1) is 6.58 Å². The van der Waals surface area contributed by atoms with Crippen LogP contribution in [-0.2, 0) is 0 Å². The zero-order valence-corrected chi connectivity index (χ0v) is 18.0. The number of anilines is 1. The molecule has 1 aromatic heterocycles. The number of ether oxygens (including phenoxy) is 1. The second-order valence-electron chi connectivity index (χ2n) is 7.35. The Kier molecular flexibility index (Phi) is 7.89. The van der Waals surface area contributed by atoms with Gasteiger partial charge in [-0.25, -0.2) is 4.79 Å². The number of pyridine rings is 1. The number of benzene rings is 1. The molecule has 0 atom stereocenters. The van der Waals surface area contributed by atoms with Crippen LogP contribution in [-0.4, -0.2) is 52.7 Å². The van der Waals surface area contributed by atoms with E-state index in [2.05, 4.69) is 11.6 Å². The Labute approximate surface area is 186 Å². The molecule has 1 aliphatic carbocycles. The standard InChI is InChI=1S/C23H26ClN3O4/c1-2-11-26(19-5-3-4-6-19)22(28)17-14-18(24)16-21(15-17)31-13-12-27(23(29)30)20-7-9-25-10-8-20/h2,7-10,14-16,19H,1,3-6,11-13H2,(H,29,30). The quantitative estimate of drug-likeness (QED) is 0.559. The van der Waals surface area contributed by atoms with Crippen molar-refractivity contribution >= 4 is 29.3 Å². The van der Waals surface area contributed by atoms with Gasteiger partial charge in [0.15, 0.2) is 0 Å². The van der Waals surface area contributed by atoms with Gasteiger partial charge in [0.25, 0.3) is 5.91 Å². The van der Waals surface area contributed by atoms with Gasteiger partial charge in [0.2, 0.25) is 0 Å². The summed E-state index contributed by atoms with van der Waals surface area (Å²) in [5, 5.41) is 9.86. The molecule has 0 radical (unpaired) electrons. The Bertz CT molecular complexity index is 916. The zero-order chi connectivity index (χ0) is 22.2. The monoisotopic (exact) mass is 443 g/mol. The van der Waals surface area contributed by atoms with Crippen LogP contribution in [0.2, 0.25) is 5.02 Å². The van der Waals surface area contributed by atoms with E-state index >= 15 is 0 Å². The van der Waals surface area contributed by atoms with E-state index < -0.39 is 6.09 Å². The number of amides is 2. The van der Waals surface area contributed by atoms with Crippen molar-refractivity contribution in [1.82, 2.24) is 9.88 Å². The summed E-state index contributed by atoms with van der Waals surface area (Å²) < 4.78 is 5.75. The normalized spacial score (nSPS) is 13.6. The summed E-state index contributed by atoms with van der Waals surface area (Å²) in [6.07, 6.45) is 7.92. The third-order valence-electron chi connectivity index (χ3n) is 5.26. The van der Waals surface area contributed by atoms with Crippen LogP contribution in [0.1, 0.15) is 36.0 Å². The maximum Gasteiger partial charge on any atom is 0.411 e. The van der Waals surface area contributed by atoms with Crippen LogP contribution in [0.5, 0.6) is 5.75 Å². The molecule has 31 heavy (non-hydrogen) atoms. The smallest absolute Gasteiger partial charge is 0.411 e. The average Bonchev–Trinajstić information content (AvgIpc) is 3.29. The van der Waals surface area contributed by atoms with E-state index in [4.69, 9.17) is 16.3 Å². The number of carboxylic acid groups (broad SMARTS) is 1. The molecule has 1 heterocycles. The van der Waals surface area contributed by atoms with Crippen molar-refractivity contribution in [2.24, 2.45) is 0 Å². The van der Waals surface area contributed by atoms with E-state index in [0.717, 1.165) is 25.7 Å². The van der Waals surface area contributed by atoms with Gasteiger partial charge in [-0.3, -0.25) is 14.7 Å². The van der Waals surface area contributed by atoms with Crippen molar-refractivity contribution in [1.29, 1.82) is 0 Å². The highest BCUT2D eigenvalue weighted by Gasteiger charge is 2.27. The number of nitrogens with zero attached hydrogens (tertiary/aromatic N) is 3. The molecule has 8 heteroatoms. The second-order valence-corrected chi connectivity index (χ2v) is 7.78. The lowest BCUT2D eigenvalue weighted by Gasteiger charge is -2.28. The largest absolute Gasteiger partial charge is 0.492 e. The average molecular weight is 444 g/mol. The van der Waals surface area contributed by atoms with Crippen LogP contribution >= 0.6 is 11.6 Å². The molecule has 2 aromatic rings. The van der Waals surface area contributed by atoms with Crippen LogP contribution < -0.4 is 9.64 Å². The summed E-state index contributed by atoms with van der Waals surface area (Å²) in [4.78, 5) is 31.6. The van der Waals surface area contributed by atoms with E-state index in [1.165, 1.54) is 17.3 Å². The van der Waals surface area contributed by atoms with Crippen LogP contribution in [0.4, 0.5) is 10.5 Å². The maximum atomic E-state index is 13.2. The van der Waals surface area contributed by atoms with Crippen molar-refractivity contribution in [2.75, 3.05) is 24.6 Å². The van der Waals surface area contributed by atoms with Gasteiger partial charge >= 0.3 is 6.09 Å². The summed E-state index contributed by atoms with van der Waals surface area (Å²) in [5.74, 6) is 0.309. The van der Waals surface area contributed by atoms with Gasteiger partial charge in [-0.1, -0.05) is 30.5 Å². The van der Waals surface area contributed by atoms with Gasteiger partial charge in [0.05, 0.1) is 12.2 Å². The molecular formula is C23H26ClN3O4. The second kappa shape index (κ2) is 10.8. The van der Waals surface area contributed by atoms with Gasteiger partial charge < -0.3 is 14.7 Å². The van der Waals surface area contributed by atoms with E-state index in [0.29, 0.717) is 28.6 Å². The SMILES string of the molecule is C=CCN(C(=O)c1cc(Cl)cc(OCCN(C(=O)O)c2ccncc2)c1)C1CCCC1. The molecule has 1 N–H and O–H groups in total. The Balaban J connectivity index is 1.69. The fraction of sp³-hybridized carbons (Fsp3) is 0.348. The van der Waals surface area contributed by atoms with Gasteiger partial charge in [-0.2, -0.15) is 0 Å². The fourth-order valence-electron chi connectivity index (χ4n) is 3.80. The predicted molar refractivity (Wildman–Crippen MR) is 120 cm³/mol. The van der Waals surface area contributed by atoms with Crippen LogP contribution in [0.15, 0.2) is 55.4 Å². The summed E-state index contributed by atoms with van der Waals surface area (Å²) in [5.41, 5.74) is 0.949. The third kappa shape index (κ3) is 5.98. The first-order valence-electron chi connectivity index (χ1n) is 10.3. The summed E-state index contributed by atoms with van der Waals surface area (Å²) in [7, 11) is 0. The summed E-state index contributed by atoms with van der Waals surface area (Å²) in [6, 6.07) is 8.32. The molecule has 0 aliphatic heterocycles. The molecule has 1 aromatic carbocycles. The first kappa shape index (κ1) is 22.6. The summed E-state index contributed by atoms with van der Waals surface area (Å²) in [6.45, 7) is 4.47. The maximum absolute atomic E-state index is 13.2. The lowest BCUT2D eigenvalue weighted by Crippen LogP contribution is -2.39. The molecular weight excluding hydrogens is 418 g/mol. The Morgan fingerprint density at radius 3 is 2.58 bits per heavy atom. The first-order chi connectivity index (χ1) is 15.0. The van der Waals surface area contributed by atoms with Gasteiger partial charge in [0, 0.05) is 35.6 Å².